The Balaban J connectivity index is 2.69. The van der Waals surface area contributed by atoms with Crippen molar-refractivity contribution in [3.8, 4) is 0 Å². The molecule has 2 atom stereocenters. The molecule has 1 aromatic rings. The van der Waals surface area contributed by atoms with E-state index in [9.17, 15) is 19.8 Å². The molecule has 0 bridgehead atoms. The highest BCUT2D eigenvalue weighted by atomic mass is 32.2. The predicted octanol–water partition coefficient (Wildman–Crippen LogP) is 1.77. The van der Waals surface area contributed by atoms with Crippen molar-refractivity contribution in [3.63, 3.8) is 0 Å². The third kappa shape index (κ3) is 6.29. The number of benzene rings is 1. The monoisotopic (exact) mass is 312 g/mol. The van der Waals surface area contributed by atoms with Gasteiger partial charge in [-0.05, 0) is 24.0 Å². The van der Waals surface area contributed by atoms with E-state index in [1.807, 2.05) is 0 Å². The zero-order chi connectivity index (χ0) is 15.8. The van der Waals surface area contributed by atoms with Gasteiger partial charge in [0.05, 0.1) is 6.10 Å². The van der Waals surface area contributed by atoms with Crippen molar-refractivity contribution >= 4 is 22.8 Å². The van der Waals surface area contributed by atoms with Gasteiger partial charge >= 0.3 is 5.97 Å². The summed E-state index contributed by atoms with van der Waals surface area (Å²) in [5.41, 5.74) is 1.25. The van der Waals surface area contributed by atoms with Crippen LogP contribution in [0.5, 0.6) is 0 Å². The Morgan fingerprint density at radius 3 is 2.52 bits per heavy atom. The van der Waals surface area contributed by atoms with Crippen molar-refractivity contribution in [3.05, 3.63) is 35.4 Å². The highest BCUT2D eigenvalue weighted by Gasteiger charge is 2.21. The molecular formula is C15H20O5S. The van der Waals surface area contributed by atoms with Crippen LogP contribution in [0.2, 0.25) is 0 Å². The van der Waals surface area contributed by atoms with Crippen LogP contribution in [-0.2, 0) is 16.0 Å². The van der Waals surface area contributed by atoms with Crippen molar-refractivity contribution in [2.75, 3.05) is 5.75 Å². The van der Waals surface area contributed by atoms with Crippen molar-refractivity contribution in [2.24, 2.45) is 0 Å². The van der Waals surface area contributed by atoms with Crippen molar-refractivity contribution in [2.45, 2.75) is 38.4 Å². The summed E-state index contributed by atoms with van der Waals surface area (Å²) in [6.45, 7) is 1.45. The zero-order valence-corrected chi connectivity index (χ0v) is 12.7. The first-order valence-corrected chi connectivity index (χ1v) is 7.69. The molecule has 0 saturated heterocycles. The predicted molar refractivity (Wildman–Crippen MR) is 81.1 cm³/mol. The fraction of sp³-hybridized carbons (Fsp3) is 0.467. The average molecular weight is 312 g/mol. The van der Waals surface area contributed by atoms with Crippen molar-refractivity contribution in [1.29, 1.82) is 0 Å². The topological polar surface area (TPSA) is 94.8 Å². The Kier molecular flexibility index (Phi) is 7.42. The number of thioether (sulfide) groups is 1. The standard InChI is InChI=1S/C15H20O5S/c1-10(16)21-9-8-13(17)15(20)12-5-3-2-4-11(12)6-7-14(18)19/h2-5,13,15,17,20H,6-9H2,1H3,(H,18,19). The van der Waals surface area contributed by atoms with Crippen molar-refractivity contribution < 1.29 is 24.9 Å². The molecule has 0 aliphatic heterocycles. The number of hydrogen-bond acceptors (Lipinski definition) is 5. The second kappa shape index (κ2) is 8.81. The highest BCUT2D eigenvalue weighted by Crippen LogP contribution is 2.24. The molecule has 0 saturated carbocycles. The Hall–Kier alpha value is -1.37. The molecule has 1 rings (SSSR count). The number of aliphatic hydroxyl groups excluding tert-OH is 2. The number of carboxylic acid groups (broad SMARTS) is 1. The van der Waals surface area contributed by atoms with Gasteiger partial charge in [-0.15, -0.1) is 0 Å². The average Bonchev–Trinajstić information content (AvgIpc) is 2.44. The summed E-state index contributed by atoms with van der Waals surface area (Å²) in [5, 5.41) is 28.9. The maximum atomic E-state index is 10.8. The van der Waals surface area contributed by atoms with Gasteiger partial charge in [0.2, 0.25) is 0 Å². The Labute approximate surface area is 128 Å². The van der Waals surface area contributed by atoms with Crippen LogP contribution in [0, 0.1) is 0 Å². The molecule has 21 heavy (non-hydrogen) atoms. The van der Waals surface area contributed by atoms with E-state index in [0.29, 0.717) is 29.7 Å². The van der Waals surface area contributed by atoms with Gasteiger partial charge in [-0.1, -0.05) is 36.0 Å². The van der Waals surface area contributed by atoms with Gasteiger partial charge in [-0.3, -0.25) is 9.59 Å². The highest BCUT2D eigenvalue weighted by molar-refractivity contribution is 8.13. The fourth-order valence-corrected chi connectivity index (χ4v) is 2.63. The first-order chi connectivity index (χ1) is 9.91. The number of aliphatic hydroxyl groups is 2. The molecule has 1 aromatic carbocycles. The summed E-state index contributed by atoms with van der Waals surface area (Å²) in [5.74, 6) is -0.470. The van der Waals surface area contributed by atoms with Crippen molar-refractivity contribution in [1.82, 2.24) is 0 Å². The van der Waals surface area contributed by atoms with E-state index < -0.39 is 18.2 Å². The SMILES string of the molecule is CC(=O)SCCC(O)C(O)c1ccccc1CCC(=O)O. The molecule has 0 aliphatic carbocycles. The lowest BCUT2D eigenvalue weighted by atomic mass is 9.95. The molecule has 0 spiro atoms. The first kappa shape index (κ1) is 17.7. The van der Waals surface area contributed by atoms with Crippen LogP contribution in [0.1, 0.15) is 37.0 Å². The van der Waals surface area contributed by atoms with Crippen LogP contribution < -0.4 is 0 Å². The molecule has 116 valence electrons. The number of carbonyl (C=O) groups is 2. The molecule has 0 heterocycles. The number of rotatable bonds is 8. The largest absolute Gasteiger partial charge is 0.481 e. The van der Waals surface area contributed by atoms with Gasteiger partial charge in [0.15, 0.2) is 5.12 Å². The van der Waals surface area contributed by atoms with E-state index in [1.165, 1.54) is 6.92 Å². The third-order valence-corrected chi connectivity index (χ3v) is 3.91. The van der Waals surface area contributed by atoms with Gasteiger partial charge < -0.3 is 15.3 Å². The minimum absolute atomic E-state index is 0.0278. The number of hydrogen-bond donors (Lipinski definition) is 3. The van der Waals surface area contributed by atoms with Crippen LogP contribution in [-0.4, -0.2) is 38.3 Å². The first-order valence-electron chi connectivity index (χ1n) is 6.71. The molecule has 0 radical (unpaired) electrons. The smallest absolute Gasteiger partial charge is 0.303 e. The number of aryl methyl sites for hydroxylation is 1. The van der Waals surface area contributed by atoms with Crippen LogP contribution in [0.25, 0.3) is 0 Å². The van der Waals surface area contributed by atoms with Gasteiger partial charge in [0.1, 0.15) is 6.10 Å². The van der Waals surface area contributed by atoms with Gasteiger partial charge in [-0.25, -0.2) is 0 Å². The minimum Gasteiger partial charge on any atom is -0.481 e. The van der Waals surface area contributed by atoms with E-state index in [2.05, 4.69) is 0 Å². The van der Waals surface area contributed by atoms with Crippen LogP contribution in [0.4, 0.5) is 0 Å². The lowest BCUT2D eigenvalue weighted by molar-refractivity contribution is -0.137. The molecular weight excluding hydrogens is 292 g/mol. The Bertz CT molecular complexity index is 489. The maximum absolute atomic E-state index is 10.8. The summed E-state index contributed by atoms with van der Waals surface area (Å²) in [6, 6.07) is 6.94. The lowest BCUT2D eigenvalue weighted by Gasteiger charge is -2.20. The van der Waals surface area contributed by atoms with Gasteiger partial charge in [0, 0.05) is 19.1 Å². The lowest BCUT2D eigenvalue weighted by Crippen LogP contribution is -2.20. The molecule has 2 unspecified atom stereocenters. The Morgan fingerprint density at radius 1 is 1.24 bits per heavy atom. The Morgan fingerprint density at radius 2 is 1.90 bits per heavy atom. The summed E-state index contributed by atoms with van der Waals surface area (Å²) >= 11 is 1.10. The molecule has 0 aromatic heterocycles. The van der Waals surface area contributed by atoms with E-state index >= 15 is 0 Å². The van der Waals surface area contributed by atoms with Crippen LogP contribution in [0.3, 0.4) is 0 Å². The molecule has 0 fully saturated rings. The van der Waals surface area contributed by atoms with Crippen LogP contribution in [0.15, 0.2) is 24.3 Å². The number of carboxylic acids is 1. The summed E-state index contributed by atoms with van der Waals surface area (Å²) in [7, 11) is 0. The second-order valence-corrected chi connectivity index (χ2v) is 6.01. The third-order valence-electron chi connectivity index (χ3n) is 3.07. The van der Waals surface area contributed by atoms with Gasteiger partial charge in [0.25, 0.3) is 0 Å². The minimum atomic E-state index is -1.08. The van der Waals surface area contributed by atoms with E-state index in [-0.39, 0.29) is 11.5 Å². The molecule has 3 N–H and O–H groups in total. The molecule has 6 heteroatoms. The zero-order valence-electron chi connectivity index (χ0n) is 11.9. The number of carbonyl (C=O) groups excluding carboxylic acids is 1. The van der Waals surface area contributed by atoms with E-state index in [0.717, 1.165) is 11.8 Å². The quantitative estimate of drug-likeness (QED) is 0.677. The van der Waals surface area contributed by atoms with E-state index in [4.69, 9.17) is 5.11 Å². The summed E-state index contributed by atoms with van der Waals surface area (Å²) in [6.07, 6.45) is -1.50. The molecule has 5 nitrogen and oxygen atoms in total. The molecule has 0 amide bonds. The molecule has 0 aliphatic rings. The fourth-order valence-electron chi connectivity index (χ4n) is 1.98. The normalized spacial score (nSPS) is 13.7. The summed E-state index contributed by atoms with van der Waals surface area (Å²) < 4.78 is 0. The van der Waals surface area contributed by atoms with E-state index in [1.54, 1.807) is 24.3 Å². The van der Waals surface area contributed by atoms with Gasteiger partial charge in [-0.2, -0.15) is 0 Å². The maximum Gasteiger partial charge on any atom is 0.303 e. The van der Waals surface area contributed by atoms with Crippen LogP contribution >= 0.6 is 11.8 Å². The number of aliphatic carboxylic acids is 1. The second-order valence-electron chi connectivity index (χ2n) is 4.73. The summed E-state index contributed by atoms with van der Waals surface area (Å²) in [4.78, 5) is 21.5.